The molecule has 0 spiro atoms. The van der Waals surface area contributed by atoms with Gasteiger partial charge in [-0.1, -0.05) is 29.8 Å². The minimum Gasteiger partial charge on any atom is -0.416 e. The summed E-state index contributed by atoms with van der Waals surface area (Å²) in [6.45, 7) is -1.11. The Morgan fingerprint density at radius 2 is 1.93 bits per heavy atom. The van der Waals surface area contributed by atoms with Crippen molar-refractivity contribution in [3.8, 4) is 0 Å². The molecule has 11 heteroatoms. The summed E-state index contributed by atoms with van der Waals surface area (Å²) in [5.74, 6) is -0.552. The van der Waals surface area contributed by atoms with Crippen LogP contribution in [0.5, 0.6) is 0 Å². The summed E-state index contributed by atoms with van der Waals surface area (Å²) in [6, 6.07) is 8.90. The van der Waals surface area contributed by atoms with Crippen molar-refractivity contribution in [2.45, 2.75) is 6.43 Å². The molecule has 6 nitrogen and oxygen atoms in total. The fourth-order valence-corrected chi connectivity index (χ4v) is 4.88. The number of carbonyl (C=O) groups is 1. The fraction of sp³-hybridized carbons (Fsp3) is 0.176. The lowest BCUT2D eigenvalue weighted by molar-refractivity contribution is 0.159. The van der Waals surface area contributed by atoms with Crippen LogP contribution in [-0.2, 0) is 14.8 Å². The number of alkyl halides is 2. The highest BCUT2D eigenvalue weighted by Gasteiger charge is 2.42. The maximum atomic E-state index is 13.3. The van der Waals surface area contributed by atoms with Crippen molar-refractivity contribution in [3.05, 3.63) is 58.7 Å². The Labute approximate surface area is 169 Å². The molecular weight excluding hydrogens is 434 g/mol. The number of nitrogens with zero attached hydrogens (tertiary/aromatic N) is 2. The standard InChI is InChI=1S/C17H13ClF2N2O4S2/c1-27-17(23)26-14-11-6-4-8-21-16(11)22(9-13(19)20)28(24,25)15(14)10-5-2-3-7-12(10)18/h2-8,13H,9H2,1H3. The van der Waals surface area contributed by atoms with E-state index in [2.05, 4.69) is 4.98 Å². The monoisotopic (exact) mass is 446 g/mol. The van der Waals surface area contributed by atoms with Gasteiger partial charge >= 0.3 is 5.30 Å². The van der Waals surface area contributed by atoms with Gasteiger partial charge in [-0.2, -0.15) is 0 Å². The van der Waals surface area contributed by atoms with Crippen LogP contribution < -0.4 is 4.31 Å². The minimum atomic E-state index is -4.55. The van der Waals surface area contributed by atoms with E-state index in [4.69, 9.17) is 16.3 Å². The molecule has 0 radical (unpaired) electrons. The summed E-state index contributed by atoms with van der Waals surface area (Å²) in [4.78, 5) is 15.4. The Bertz CT molecular complexity index is 1060. The lowest BCUT2D eigenvalue weighted by atomic mass is 10.1. The Balaban J connectivity index is 2.39. The Hall–Kier alpha value is -2.17. The number of sulfonamides is 1. The highest BCUT2D eigenvalue weighted by Crippen LogP contribution is 2.45. The quantitative estimate of drug-likeness (QED) is 0.645. The van der Waals surface area contributed by atoms with Crippen LogP contribution in [0.2, 0.25) is 5.02 Å². The van der Waals surface area contributed by atoms with Crippen molar-refractivity contribution >= 4 is 55.2 Å². The molecule has 28 heavy (non-hydrogen) atoms. The minimum absolute atomic E-state index is 0.0295. The summed E-state index contributed by atoms with van der Waals surface area (Å²) in [7, 11) is -4.55. The first-order chi connectivity index (χ1) is 13.3. The number of benzene rings is 1. The topological polar surface area (TPSA) is 76.6 Å². The van der Waals surface area contributed by atoms with Gasteiger partial charge in [-0.15, -0.1) is 0 Å². The Morgan fingerprint density at radius 1 is 1.25 bits per heavy atom. The average molecular weight is 447 g/mol. The van der Waals surface area contributed by atoms with Crippen LogP contribution in [0.15, 0.2) is 42.6 Å². The second-order valence-electron chi connectivity index (χ2n) is 5.50. The number of anilines is 1. The molecule has 1 aromatic heterocycles. The van der Waals surface area contributed by atoms with Crippen molar-refractivity contribution in [1.82, 2.24) is 4.98 Å². The third-order valence-electron chi connectivity index (χ3n) is 3.80. The second kappa shape index (κ2) is 8.06. The fourth-order valence-electron chi connectivity index (χ4n) is 2.68. The van der Waals surface area contributed by atoms with Crippen LogP contribution in [0.25, 0.3) is 10.7 Å². The van der Waals surface area contributed by atoms with E-state index in [9.17, 15) is 22.0 Å². The number of thioether (sulfide) groups is 1. The number of carbonyl (C=O) groups excluding carboxylic acids is 1. The number of hydrogen-bond donors (Lipinski definition) is 0. The zero-order valence-electron chi connectivity index (χ0n) is 14.3. The van der Waals surface area contributed by atoms with Gasteiger partial charge in [0.2, 0.25) is 0 Å². The number of aromatic nitrogens is 1. The first kappa shape index (κ1) is 20.6. The lowest BCUT2D eigenvalue weighted by Gasteiger charge is -2.32. The van der Waals surface area contributed by atoms with E-state index in [1.807, 2.05) is 0 Å². The average Bonchev–Trinajstić information content (AvgIpc) is 2.65. The van der Waals surface area contributed by atoms with Gasteiger partial charge in [0.15, 0.2) is 11.6 Å². The molecular formula is C17H13ClF2N2O4S2. The number of halogens is 3. The molecule has 0 bridgehead atoms. The molecule has 0 unspecified atom stereocenters. The molecule has 0 saturated heterocycles. The van der Waals surface area contributed by atoms with Crippen LogP contribution in [-0.4, -0.2) is 37.9 Å². The van der Waals surface area contributed by atoms with Gasteiger partial charge in [0, 0.05) is 16.8 Å². The molecule has 0 aliphatic carbocycles. The number of pyridine rings is 1. The number of hydrogen-bond acceptors (Lipinski definition) is 6. The predicted octanol–water partition coefficient (Wildman–Crippen LogP) is 4.48. The molecule has 1 aliphatic rings. The van der Waals surface area contributed by atoms with Crippen molar-refractivity contribution in [1.29, 1.82) is 0 Å². The summed E-state index contributed by atoms with van der Waals surface area (Å²) >= 11 is 6.90. The Morgan fingerprint density at radius 3 is 2.57 bits per heavy atom. The molecule has 0 saturated carbocycles. The molecule has 148 valence electrons. The highest BCUT2D eigenvalue weighted by molar-refractivity contribution is 8.12. The van der Waals surface area contributed by atoms with Crippen LogP contribution in [0.1, 0.15) is 11.1 Å². The van der Waals surface area contributed by atoms with Crippen LogP contribution in [0.4, 0.5) is 19.4 Å². The molecule has 3 rings (SSSR count). The molecule has 1 aromatic carbocycles. The summed E-state index contributed by atoms with van der Waals surface area (Å²) in [5.41, 5.74) is 0.122. The molecule has 0 fully saturated rings. The van der Waals surface area contributed by atoms with Crippen molar-refractivity contribution in [3.63, 3.8) is 0 Å². The number of ether oxygens (including phenoxy) is 1. The first-order valence-electron chi connectivity index (χ1n) is 7.78. The summed E-state index contributed by atoms with van der Waals surface area (Å²) < 4.78 is 58.7. The summed E-state index contributed by atoms with van der Waals surface area (Å²) in [5, 5.41) is -0.713. The van der Waals surface area contributed by atoms with Crippen molar-refractivity contribution in [2.24, 2.45) is 0 Å². The van der Waals surface area contributed by atoms with Gasteiger partial charge in [-0.3, -0.25) is 0 Å². The lowest BCUT2D eigenvalue weighted by Crippen LogP contribution is -2.39. The first-order valence-corrected chi connectivity index (χ1v) is 10.8. The van der Waals surface area contributed by atoms with Gasteiger partial charge < -0.3 is 4.74 Å². The van der Waals surface area contributed by atoms with Gasteiger partial charge in [0.05, 0.1) is 12.1 Å². The van der Waals surface area contributed by atoms with E-state index < -0.39 is 33.2 Å². The van der Waals surface area contributed by atoms with Gasteiger partial charge in [-0.25, -0.2) is 31.3 Å². The molecule has 0 atom stereocenters. The molecule has 0 N–H and O–H groups in total. The molecule has 1 aliphatic heterocycles. The van der Waals surface area contributed by atoms with Crippen molar-refractivity contribution < 1.29 is 26.7 Å². The third kappa shape index (κ3) is 3.71. The van der Waals surface area contributed by atoms with Gasteiger partial charge in [-0.05, 0) is 36.2 Å². The van der Waals surface area contributed by atoms with E-state index in [1.165, 1.54) is 42.8 Å². The zero-order valence-corrected chi connectivity index (χ0v) is 16.7. The second-order valence-corrected chi connectivity index (χ2v) is 8.44. The van der Waals surface area contributed by atoms with Crippen molar-refractivity contribution in [2.75, 3.05) is 17.1 Å². The van der Waals surface area contributed by atoms with Crippen LogP contribution in [0, 0.1) is 0 Å². The van der Waals surface area contributed by atoms with Crippen LogP contribution in [0.3, 0.4) is 0 Å². The van der Waals surface area contributed by atoms with E-state index in [1.54, 1.807) is 6.07 Å². The SMILES string of the molecule is CSC(=O)OC1=C(c2ccccc2Cl)S(=O)(=O)N(CC(F)F)c2ncccc21. The van der Waals surface area contributed by atoms with Gasteiger partial charge in [0.25, 0.3) is 16.4 Å². The number of fused-ring (bicyclic) bond motifs is 1. The van der Waals surface area contributed by atoms with E-state index in [0.717, 1.165) is 11.8 Å². The predicted molar refractivity (Wildman–Crippen MR) is 105 cm³/mol. The molecule has 2 aromatic rings. The largest absolute Gasteiger partial charge is 0.416 e. The van der Waals surface area contributed by atoms with E-state index in [0.29, 0.717) is 4.31 Å². The van der Waals surface area contributed by atoms with E-state index in [-0.39, 0.29) is 27.7 Å². The Kier molecular flexibility index (Phi) is 5.92. The van der Waals surface area contributed by atoms with Gasteiger partial charge in [0.1, 0.15) is 4.91 Å². The zero-order chi connectivity index (χ0) is 20.5. The maximum absolute atomic E-state index is 13.3. The van der Waals surface area contributed by atoms with Crippen LogP contribution >= 0.6 is 23.4 Å². The molecule has 2 heterocycles. The third-order valence-corrected chi connectivity index (χ3v) is 6.37. The summed E-state index contributed by atoms with van der Waals surface area (Å²) in [6.07, 6.45) is -0.225. The maximum Gasteiger partial charge on any atom is 0.372 e. The molecule has 0 amide bonds. The highest BCUT2D eigenvalue weighted by atomic mass is 35.5. The normalized spacial score (nSPS) is 15.5. The smallest absolute Gasteiger partial charge is 0.372 e. The number of rotatable bonds is 4. The van der Waals surface area contributed by atoms with E-state index >= 15 is 0 Å².